The van der Waals surface area contributed by atoms with Crippen LogP contribution in [0.1, 0.15) is 5.69 Å². The first-order chi connectivity index (χ1) is 9.36. The zero-order valence-electron chi connectivity index (χ0n) is 10.2. The van der Waals surface area contributed by atoms with E-state index in [9.17, 15) is 8.42 Å². The quantitative estimate of drug-likeness (QED) is 0.796. The Morgan fingerprint density at radius 2 is 2.00 bits per heavy atom. The highest BCUT2D eigenvalue weighted by Gasteiger charge is 2.08. The summed E-state index contributed by atoms with van der Waals surface area (Å²) in [6.07, 6.45) is 1.70. The van der Waals surface area contributed by atoms with Gasteiger partial charge in [-0.2, -0.15) is 0 Å². The number of hydrogen-bond acceptors (Lipinski definition) is 4. The van der Waals surface area contributed by atoms with Gasteiger partial charge < -0.3 is 5.32 Å². The lowest BCUT2D eigenvalue weighted by atomic mass is 10.3. The molecular weight excluding hydrogens is 410 g/mol. The largest absolute Gasteiger partial charge is 0.379 e. The standard InChI is InChI=1S/C12H11Br2N3O2S/c13-8-4-11(14)12(17-6-8)7-16-9-2-1-3-10(5-9)20(15,18)19/h1-6,16H,7H2,(H2,15,18,19). The molecule has 20 heavy (non-hydrogen) atoms. The molecule has 2 aromatic rings. The molecule has 3 N–H and O–H groups in total. The number of nitrogens with two attached hydrogens (primary N) is 1. The van der Waals surface area contributed by atoms with E-state index in [4.69, 9.17) is 5.14 Å². The van der Waals surface area contributed by atoms with E-state index in [2.05, 4.69) is 42.2 Å². The fraction of sp³-hybridized carbons (Fsp3) is 0.0833. The molecule has 0 amide bonds. The normalized spacial score (nSPS) is 11.3. The van der Waals surface area contributed by atoms with E-state index < -0.39 is 10.0 Å². The van der Waals surface area contributed by atoms with Crippen LogP contribution in [0.3, 0.4) is 0 Å². The van der Waals surface area contributed by atoms with Gasteiger partial charge in [-0.15, -0.1) is 0 Å². The number of rotatable bonds is 4. The first-order valence-corrected chi connectivity index (χ1v) is 8.66. The van der Waals surface area contributed by atoms with E-state index >= 15 is 0 Å². The summed E-state index contributed by atoms with van der Waals surface area (Å²) < 4.78 is 24.3. The first-order valence-electron chi connectivity index (χ1n) is 5.53. The average Bonchev–Trinajstić information content (AvgIpc) is 2.37. The monoisotopic (exact) mass is 419 g/mol. The predicted molar refractivity (Wildman–Crippen MR) is 84.8 cm³/mol. The van der Waals surface area contributed by atoms with E-state index in [0.717, 1.165) is 14.6 Å². The van der Waals surface area contributed by atoms with Crippen LogP contribution in [0.4, 0.5) is 5.69 Å². The lowest BCUT2D eigenvalue weighted by Gasteiger charge is -2.09. The second kappa shape index (κ2) is 6.21. The Balaban J connectivity index is 2.15. The van der Waals surface area contributed by atoms with E-state index in [-0.39, 0.29) is 4.90 Å². The van der Waals surface area contributed by atoms with E-state index in [1.807, 2.05) is 6.07 Å². The molecule has 8 heteroatoms. The Hall–Kier alpha value is -0.960. The summed E-state index contributed by atoms with van der Waals surface area (Å²) in [6.45, 7) is 0.460. The molecule has 0 bridgehead atoms. The molecule has 0 fully saturated rings. The highest BCUT2D eigenvalue weighted by Crippen LogP contribution is 2.21. The molecule has 0 saturated carbocycles. The summed E-state index contributed by atoms with van der Waals surface area (Å²) in [4.78, 5) is 4.34. The van der Waals surface area contributed by atoms with Crippen molar-refractivity contribution < 1.29 is 8.42 Å². The van der Waals surface area contributed by atoms with Crippen LogP contribution in [0.15, 0.2) is 50.4 Å². The van der Waals surface area contributed by atoms with Gasteiger partial charge >= 0.3 is 0 Å². The number of hydrogen-bond donors (Lipinski definition) is 2. The summed E-state index contributed by atoms with van der Waals surface area (Å²) in [7, 11) is -3.69. The van der Waals surface area contributed by atoms with Crippen LogP contribution in [0.5, 0.6) is 0 Å². The number of primary sulfonamides is 1. The lowest BCUT2D eigenvalue weighted by Crippen LogP contribution is -2.12. The lowest BCUT2D eigenvalue weighted by molar-refractivity contribution is 0.598. The van der Waals surface area contributed by atoms with Gasteiger partial charge in [0.05, 0.1) is 17.1 Å². The maximum absolute atomic E-state index is 11.3. The van der Waals surface area contributed by atoms with Crippen molar-refractivity contribution in [1.29, 1.82) is 0 Å². The third-order valence-corrected chi connectivity index (χ3v) is 4.54. The highest BCUT2D eigenvalue weighted by molar-refractivity contribution is 9.11. The van der Waals surface area contributed by atoms with Gasteiger partial charge in [0.1, 0.15) is 0 Å². The van der Waals surface area contributed by atoms with Crippen molar-refractivity contribution in [1.82, 2.24) is 4.98 Å². The molecule has 1 aromatic carbocycles. The zero-order valence-corrected chi connectivity index (χ0v) is 14.2. The van der Waals surface area contributed by atoms with Gasteiger partial charge in [0, 0.05) is 20.8 Å². The molecule has 0 unspecified atom stereocenters. The van der Waals surface area contributed by atoms with Gasteiger partial charge in [0.2, 0.25) is 10.0 Å². The minimum absolute atomic E-state index is 0.0744. The number of pyridine rings is 1. The van der Waals surface area contributed by atoms with E-state index in [0.29, 0.717) is 12.2 Å². The average molecular weight is 421 g/mol. The molecule has 0 spiro atoms. The van der Waals surface area contributed by atoms with Gasteiger partial charge in [0.25, 0.3) is 0 Å². The highest BCUT2D eigenvalue weighted by atomic mass is 79.9. The maximum atomic E-state index is 11.3. The number of anilines is 1. The number of aromatic nitrogens is 1. The molecule has 0 radical (unpaired) electrons. The van der Waals surface area contributed by atoms with Crippen LogP contribution < -0.4 is 10.5 Å². The summed E-state index contributed by atoms with van der Waals surface area (Å²) in [5.41, 5.74) is 1.47. The smallest absolute Gasteiger partial charge is 0.238 e. The zero-order chi connectivity index (χ0) is 14.8. The van der Waals surface area contributed by atoms with Gasteiger partial charge in [0.15, 0.2) is 0 Å². The minimum Gasteiger partial charge on any atom is -0.379 e. The number of nitrogens with zero attached hydrogens (tertiary/aromatic N) is 1. The Labute approximate surface area is 133 Å². The van der Waals surface area contributed by atoms with Crippen molar-refractivity contribution in [2.75, 3.05) is 5.32 Å². The summed E-state index contributed by atoms with van der Waals surface area (Å²) in [5.74, 6) is 0. The minimum atomic E-state index is -3.69. The molecule has 0 saturated heterocycles. The molecule has 5 nitrogen and oxygen atoms in total. The third-order valence-electron chi connectivity index (χ3n) is 2.51. The SMILES string of the molecule is NS(=O)(=O)c1cccc(NCc2ncc(Br)cc2Br)c1. The molecule has 1 aromatic heterocycles. The molecule has 0 aliphatic heterocycles. The fourth-order valence-corrected chi connectivity index (χ4v) is 3.23. The second-order valence-electron chi connectivity index (χ2n) is 4.01. The number of benzene rings is 1. The van der Waals surface area contributed by atoms with E-state index in [1.165, 1.54) is 12.1 Å². The van der Waals surface area contributed by atoms with Crippen LogP contribution >= 0.6 is 31.9 Å². The van der Waals surface area contributed by atoms with Crippen molar-refractivity contribution in [2.45, 2.75) is 11.4 Å². The molecule has 0 aliphatic carbocycles. The second-order valence-corrected chi connectivity index (χ2v) is 7.34. The molecule has 0 atom stereocenters. The first kappa shape index (κ1) is 15.4. The summed E-state index contributed by atoms with van der Waals surface area (Å²) in [6, 6.07) is 8.23. The number of nitrogens with one attached hydrogen (secondary N) is 1. The summed E-state index contributed by atoms with van der Waals surface area (Å²) >= 11 is 6.75. The van der Waals surface area contributed by atoms with Gasteiger partial charge in [-0.1, -0.05) is 6.07 Å². The number of sulfonamides is 1. The van der Waals surface area contributed by atoms with Gasteiger partial charge in [-0.05, 0) is 56.1 Å². The van der Waals surface area contributed by atoms with Crippen molar-refractivity contribution >= 4 is 47.6 Å². The fourth-order valence-electron chi connectivity index (χ4n) is 1.54. The van der Waals surface area contributed by atoms with Crippen LogP contribution in [0.25, 0.3) is 0 Å². The maximum Gasteiger partial charge on any atom is 0.238 e. The van der Waals surface area contributed by atoms with Crippen LogP contribution in [-0.4, -0.2) is 13.4 Å². The van der Waals surface area contributed by atoms with Crippen molar-refractivity contribution in [3.8, 4) is 0 Å². The van der Waals surface area contributed by atoms with Crippen LogP contribution in [0, 0.1) is 0 Å². The Bertz CT molecular complexity index is 735. The topological polar surface area (TPSA) is 85.1 Å². The van der Waals surface area contributed by atoms with Crippen molar-refractivity contribution in [3.63, 3.8) is 0 Å². The van der Waals surface area contributed by atoms with Crippen molar-refractivity contribution in [3.05, 3.63) is 51.2 Å². The molecule has 1 heterocycles. The Kier molecular flexibility index (Phi) is 4.79. The molecule has 0 aliphatic rings. The number of halogens is 2. The molecule has 2 rings (SSSR count). The Morgan fingerprint density at radius 3 is 2.65 bits per heavy atom. The van der Waals surface area contributed by atoms with E-state index in [1.54, 1.807) is 18.3 Å². The van der Waals surface area contributed by atoms with Gasteiger partial charge in [-0.25, -0.2) is 13.6 Å². The Morgan fingerprint density at radius 1 is 1.25 bits per heavy atom. The predicted octanol–water partition coefficient (Wildman–Crippen LogP) is 2.87. The van der Waals surface area contributed by atoms with Crippen LogP contribution in [-0.2, 0) is 16.6 Å². The molecule has 106 valence electrons. The van der Waals surface area contributed by atoms with Crippen LogP contribution in [0.2, 0.25) is 0 Å². The third kappa shape index (κ3) is 4.02. The van der Waals surface area contributed by atoms with Gasteiger partial charge in [-0.3, -0.25) is 4.98 Å². The molecular formula is C12H11Br2N3O2S. The summed E-state index contributed by atoms with van der Waals surface area (Å²) in [5, 5.41) is 8.20. The van der Waals surface area contributed by atoms with Crippen molar-refractivity contribution in [2.24, 2.45) is 5.14 Å².